The molecule has 0 aliphatic carbocycles. The van der Waals surface area contributed by atoms with Crippen LogP contribution in [0.2, 0.25) is 0 Å². The van der Waals surface area contributed by atoms with Gasteiger partial charge in [-0.05, 0) is 56.0 Å². The van der Waals surface area contributed by atoms with E-state index in [0.29, 0.717) is 12.4 Å². The highest BCUT2D eigenvalue weighted by Gasteiger charge is 2.15. The van der Waals surface area contributed by atoms with Gasteiger partial charge in [-0.15, -0.1) is 0 Å². The second-order valence-electron chi connectivity index (χ2n) is 8.12. The summed E-state index contributed by atoms with van der Waals surface area (Å²) in [7, 11) is 0. The summed E-state index contributed by atoms with van der Waals surface area (Å²) >= 11 is 0. The van der Waals surface area contributed by atoms with Crippen LogP contribution in [0, 0.1) is 6.92 Å². The number of para-hydroxylation sites is 1. The van der Waals surface area contributed by atoms with E-state index in [0.717, 1.165) is 50.9 Å². The Hall–Kier alpha value is -3.79. The molecule has 0 saturated heterocycles. The normalized spacial score (nSPS) is 11.6. The summed E-state index contributed by atoms with van der Waals surface area (Å²) in [5.74, 6) is 0.534. The summed E-state index contributed by atoms with van der Waals surface area (Å²) in [6.45, 7) is 8.54. The van der Waals surface area contributed by atoms with Crippen LogP contribution in [0.15, 0.2) is 77.4 Å². The number of aryl methyl sites for hydroxylation is 2. The Morgan fingerprint density at radius 2 is 1.82 bits per heavy atom. The lowest BCUT2D eigenvalue weighted by Crippen LogP contribution is -2.10. The van der Waals surface area contributed by atoms with Crippen LogP contribution in [0.1, 0.15) is 37.5 Å². The lowest BCUT2D eigenvalue weighted by atomic mass is 9.98. The second kappa shape index (κ2) is 9.78. The number of hydrogen-bond acceptors (Lipinski definition) is 3. The van der Waals surface area contributed by atoms with Gasteiger partial charge in [-0.25, -0.2) is 0 Å². The maximum Gasteiger partial charge on any atom is 0.248 e. The van der Waals surface area contributed by atoms with E-state index in [2.05, 4.69) is 49.5 Å². The van der Waals surface area contributed by atoms with Crippen molar-refractivity contribution in [3.05, 3.63) is 89.7 Å². The van der Waals surface area contributed by atoms with Crippen LogP contribution < -0.4 is 10.1 Å². The monoisotopic (exact) mass is 439 g/mol. The number of fused-ring (bicyclic) bond motifs is 1. The molecule has 0 saturated carbocycles. The standard InChI is InChI=1S/C29H29NO3/c1-5-21-9-7-8-10-26(21)30-29(31)15-20(4)23-16-24-25(22-13-11-19(3)12-14-22)18-33-28(24)17-27(23)32-6-2/h7-18H,5-6H2,1-4H3,(H,30,31)/b20-15+. The zero-order valence-corrected chi connectivity index (χ0v) is 19.6. The number of allylic oxidation sites excluding steroid dienone is 1. The van der Waals surface area contributed by atoms with Gasteiger partial charge in [-0.2, -0.15) is 0 Å². The first-order valence-electron chi connectivity index (χ1n) is 11.3. The average molecular weight is 440 g/mol. The minimum absolute atomic E-state index is 0.165. The third-order valence-corrected chi connectivity index (χ3v) is 5.77. The molecule has 1 aromatic heterocycles. The first-order chi connectivity index (χ1) is 16.0. The van der Waals surface area contributed by atoms with E-state index in [1.165, 1.54) is 5.56 Å². The van der Waals surface area contributed by atoms with E-state index >= 15 is 0 Å². The molecule has 3 aromatic carbocycles. The minimum atomic E-state index is -0.165. The highest BCUT2D eigenvalue weighted by atomic mass is 16.5. The van der Waals surface area contributed by atoms with E-state index in [1.54, 1.807) is 12.3 Å². The summed E-state index contributed by atoms with van der Waals surface area (Å²) in [5, 5.41) is 4.00. The summed E-state index contributed by atoms with van der Waals surface area (Å²) in [6.07, 6.45) is 4.26. The molecule has 0 fully saturated rings. The molecule has 0 aliphatic heterocycles. The van der Waals surface area contributed by atoms with E-state index in [-0.39, 0.29) is 5.91 Å². The van der Waals surface area contributed by atoms with Gasteiger partial charge in [0.1, 0.15) is 11.3 Å². The number of amides is 1. The number of ether oxygens (including phenoxy) is 1. The number of anilines is 1. The number of hydrogen-bond donors (Lipinski definition) is 1. The molecular formula is C29H29NO3. The van der Waals surface area contributed by atoms with E-state index in [4.69, 9.17) is 9.15 Å². The minimum Gasteiger partial charge on any atom is -0.493 e. The highest BCUT2D eigenvalue weighted by Crippen LogP contribution is 2.37. The number of carbonyl (C=O) groups excluding carboxylic acids is 1. The Morgan fingerprint density at radius 1 is 1.06 bits per heavy atom. The molecule has 33 heavy (non-hydrogen) atoms. The molecule has 1 amide bonds. The van der Waals surface area contributed by atoms with Gasteiger partial charge in [-0.1, -0.05) is 55.0 Å². The Morgan fingerprint density at radius 3 is 2.55 bits per heavy atom. The fourth-order valence-electron chi connectivity index (χ4n) is 3.99. The quantitative estimate of drug-likeness (QED) is 0.305. The van der Waals surface area contributed by atoms with Gasteiger partial charge in [0.15, 0.2) is 0 Å². The van der Waals surface area contributed by atoms with Crippen molar-refractivity contribution < 1.29 is 13.9 Å². The Balaban J connectivity index is 1.72. The van der Waals surface area contributed by atoms with Crippen molar-refractivity contribution in [1.82, 2.24) is 0 Å². The number of furan rings is 1. The van der Waals surface area contributed by atoms with Crippen LogP contribution >= 0.6 is 0 Å². The van der Waals surface area contributed by atoms with Crippen molar-refractivity contribution in [3.8, 4) is 16.9 Å². The predicted molar refractivity (Wildman–Crippen MR) is 136 cm³/mol. The first-order valence-corrected chi connectivity index (χ1v) is 11.3. The highest BCUT2D eigenvalue weighted by molar-refractivity contribution is 6.05. The van der Waals surface area contributed by atoms with Crippen molar-refractivity contribution in [1.29, 1.82) is 0 Å². The lowest BCUT2D eigenvalue weighted by molar-refractivity contribution is -0.111. The SMILES string of the molecule is CCOc1cc2occ(-c3ccc(C)cc3)c2cc1/C(C)=C/C(=O)Nc1ccccc1CC. The topological polar surface area (TPSA) is 51.5 Å². The maximum absolute atomic E-state index is 12.8. The average Bonchev–Trinajstić information content (AvgIpc) is 3.22. The van der Waals surface area contributed by atoms with Crippen LogP contribution in [0.25, 0.3) is 27.7 Å². The van der Waals surface area contributed by atoms with Crippen molar-refractivity contribution in [3.63, 3.8) is 0 Å². The van der Waals surface area contributed by atoms with Gasteiger partial charge < -0.3 is 14.5 Å². The molecule has 0 bridgehead atoms. The molecular weight excluding hydrogens is 410 g/mol. The van der Waals surface area contributed by atoms with E-state index < -0.39 is 0 Å². The van der Waals surface area contributed by atoms with Crippen molar-refractivity contribution >= 4 is 28.1 Å². The van der Waals surface area contributed by atoms with Crippen LogP contribution in [-0.4, -0.2) is 12.5 Å². The maximum atomic E-state index is 12.8. The summed E-state index contributed by atoms with van der Waals surface area (Å²) in [5.41, 5.74) is 7.71. The number of carbonyl (C=O) groups is 1. The molecule has 4 nitrogen and oxygen atoms in total. The van der Waals surface area contributed by atoms with Crippen molar-refractivity contribution in [2.75, 3.05) is 11.9 Å². The molecule has 4 aromatic rings. The van der Waals surface area contributed by atoms with Crippen LogP contribution in [0.5, 0.6) is 5.75 Å². The third kappa shape index (κ3) is 4.85. The summed E-state index contributed by atoms with van der Waals surface area (Å²) in [4.78, 5) is 12.8. The summed E-state index contributed by atoms with van der Waals surface area (Å²) in [6, 6.07) is 20.2. The molecule has 1 heterocycles. The van der Waals surface area contributed by atoms with E-state index in [9.17, 15) is 4.79 Å². The smallest absolute Gasteiger partial charge is 0.248 e. The molecule has 168 valence electrons. The molecule has 4 heteroatoms. The van der Waals surface area contributed by atoms with Crippen molar-refractivity contribution in [2.45, 2.75) is 34.1 Å². The van der Waals surface area contributed by atoms with Crippen LogP contribution in [0.4, 0.5) is 5.69 Å². The van der Waals surface area contributed by atoms with Gasteiger partial charge >= 0.3 is 0 Å². The number of rotatable bonds is 7. The fraction of sp³-hybridized carbons (Fsp3) is 0.207. The summed E-state index contributed by atoms with van der Waals surface area (Å²) < 4.78 is 11.8. The van der Waals surface area contributed by atoms with Crippen molar-refractivity contribution in [2.24, 2.45) is 0 Å². The molecule has 0 aliphatic rings. The second-order valence-corrected chi connectivity index (χ2v) is 8.12. The van der Waals surface area contributed by atoms with Gasteiger partial charge in [0.25, 0.3) is 0 Å². The lowest BCUT2D eigenvalue weighted by Gasteiger charge is -2.12. The Bertz CT molecular complexity index is 1310. The number of nitrogens with one attached hydrogen (secondary N) is 1. The van der Waals surface area contributed by atoms with Gasteiger partial charge in [0, 0.05) is 34.3 Å². The molecule has 1 N–H and O–H groups in total. The molecule has 0 spiro atoms. The van der Waals surface area contributed by atoms with Gasteiger partial charge in [0.05, 0.1) is 12.9 Å². The molecule has 0 atom stereocenters. The largest absolute Gasteiger partial charge is 0.493 e. The van der Waals surface area contributed by atoms with Crippen LogP contribution in [-0.2, 0) is 11.2 Å². The predicted octanol–water partition coefficient (Wildman–Crippen LogP) is 7.41. The zero-order valence-electron chi connectivity index (χ0n) is 19.6. The Labute approximate surface area is 194 Å². The number of benzene rings is 3. The van der Waals surface area contributed by atoms with Gasteiger partial charge in [0.2, 0.25) is 5.91 Å². The zero-order chi connectivity index (χ0) is 23.4. The molecule has 4 rings (SSSR count). The third-order valence-electron chi connectivity index (χ3n) is 5.77. The van der Waals surface area contributed by atoms with Crippen LogP contribution in [0.3, 0.4) is 0 Å². The molecule has 0 unspecified atom stereocenters. The Kier molecular flexibility index (Phi) is 6.64. The molecule has 0 radical (unpaired) electrons. The van der Waals surface area contributed by atoms with Gasteiger partial charge in [-0.3, -0.25) is 4.79 Å². The van der Waals surface area contributed by atoms with E-state index in [1.807, 2.05) is 44.2 Å². The first kappa shape index (κ1) is 22.4. The fourth-order valence-corrected chi connectivity index (χ4v) is 3.99.